The SMILES string of the molecule is O=C1CCCC(=O)C1C(=O)c1cc2cc(F)c(/C=C/c3ccccc3)nc2nc1C(F)(F)F. The largest absolute Gasteiger partial charge is 0.434 e. The summed E-state index contributed by atoms with van der Waals surface area (Å²) >= 11 is 0. The van der Waals surface area contributed by atoms with Crippen molar-refractivity contribution in [1.29, 1.82) is 0 Å². The van der Waals surface area contributed by atoms with Crippen molar-refractivity contribution in [2.24, 2.45) is 5.92 Å². The highest BCUT2D eigenvalue weighted by molar-refractivity contribution is 6.25. The van der Waals surface area contributed by atoms with E-state index in [2.05, 4.69) is 9.97 Å². The van der Waals surface area contributed by atoms with Crippen molar-refractivity contribution in [1.82, 2.24) is 9.97 Å². The van der Waals surface area contributed by atoms with Crippen LogP contribution in [-0.2, 0) is 15.8 Å². The molecular formula is C24H16F4N2O3. The van der Waals surface area contributed by atoms with E-state index in [1.807, 2.05) is 0 Å². The van der Waals surface area contributed by atoms with Crippen LogP contribution in [0.15, 0.2) is 42.5 Å². The summed E-state index contributed by atoms with van der Waals surface area (Å²) in [6, 6.07) is 10.5. The molecule has 1 fully saturated rings. The smallest absolute Gasteiger partial charge is 0.298 e. The summed E-state index contributed by atoms with van der Waals surface area (Å²) in [5.41, 5.74) is -2.44. The number of carbonyl (C=O) groups excluding carboxylic acids is 3. The van der Waals surface area contributed by atoms with Crippen molar-refractivity contribution in [3.05, 3.63) is 70.8 Å². The van der Waals surface area contributed by atoms with Crippen LogP contribution in [0.5, 0.6) is 0 Å². The van der Waals surface area contributed by atoms with Crippen LogP contribution in [0.25, 0.3) is 23.2 Å². The Morgan fingerprint density at radius 2 is 1.64 bits per heavy atom. The summed E-state index contributed by atoms with van der Waals surface area (Å²) in [4.78, 5) is 44.4. The maximum atomic E-state index is 14.6. The van der Waals surface area contributed by atoms with Crippen LogP contribution in [0.3, 0.4) is 0 Å². The molecule has 1 aromatic carbocycles. The number of ketones is 3. The van der Waals surface area contributed by atoms with Gasteiger partial charge in [0, 0.05) is 18.2 Å². The Morgan fingerprint density at radius 3 is 2.27 bits per heavy atom. The number of fused-ring (bicyclic) bond motifs is 1. The fourth-order valence-corrected chi connectivity index (χ4v) is 3.71. The predicted octanol–water partition coefficient (Wildman–Crippen LogP) is 5.08. The van der Waals surface area contributed by atoms with Gasteiger partial charge in [-0.3, -0.25) is 14.4 Å². The summed E-state index contributed by atoms with van der Waals surface area (Å²) < 4.78 is 55.9. The van der Waals surface area contributed by atoms with Gasteiger partial charge in [-0.15, -0.1) is 0 Å². The molecule has 0 unspecified atom stereocenters. The van der Waals surface area contributed by atoms with Crippen LogP contribution in [0, 0.1) is 11.7 Å². The van der Waals surface area contributed by atoms with E-state index in [9.17, 15) is 31.9 Å². The number of aromatic nitrogens is 2. The van der Waals surface area contributed by atoms with E-state index in [-0.39, 0.29) is 30.3 Å². The van der Waals surface area contributed by atoms with E-state index >= 15 is 0 Å². The van der Waals surface area contributed by atoms with Crippen LogP contribution in [-0.4, -0.2) is 27.3 Å². The van der Waals surface area contributed by atoms with E-state index in [0.29, 0.717) is 0 Å². The fourth-order valence-electron chi connectivity index (χ4n) is 3.71. The summed E-state index contributed by atoms with van der Waals surface area (Å²) in [6.07, 6.45) is -2.11. The highest BCUT2D eigenvalue weighted by Crippen LogP contribution is 2.34. The van der Waals surface area contributed by atoms with Crippen molar-refractivity contribution >= 4 is 40.5 Å². The second-order valence-corrected chi connectivity index (χ2v) is 7.61. The summed E-state index contributed by atoms with van der Waals surface area (Å²) in [5, 5.41) is -0.156. The number of Topliss-reactive ketones (excluding diaryl/α,β-unsaturated/α-hetero) is 3. The molecular weight excluding hydrogens is 440 g/mol. The fraction of sp³-hybridized carbons (Fsp3) is 0.208. The lowest BCUT2D eigenvalue weighted by Crippen LogP contribution is -2.36. The zero-order chi connectivity index (χ0) is 23.8. The molecule has 0 aliphatic heterocycles. The average Bonchev–Trinajstić information content (AvgIpc) is 2.76. The minimum Gasteiger partial charge on any atom is -0.298 e. The lowest BCUT2D eigenvalue weighted by Gasteiger charge is -2.20. The number of nitrogens with zero attached hydrogens (tertiary/aromatic N) is 2. The Bertz CT molecular complexity index is 1280. The number of alkyl halides is 3. The maximum absolute atomic E-state index is 14.6. The lowest BCUT2D eigenvalue weighted by molar-refractivity contribution is -0.142. The topological polar surface area (TPSA) is 77.0 Å². The third kappa shape index (κ3) is 4.57. The Kier molecular flexibility index (Phi) is 5.88. The monoisotopic (exact) mass is 456 g/mol. The number of rotatable bonds is 4. The molecule has 2 heterocycles. The third-order valence-electron chi connectivity index (χ3n) is 5.30. The molecule has 4 rings (SSSR count). The quantitative estimate of drug-likeness (QED) is 0.311. The first-order valence-electron chi connectivity index (χ1n) is 10.1. The summed E-state index contributed by atoms with van der Waals surface area (Å²) in [6.45, 7) is 0. The Hall–Kier alpha value is -3.75. The molecule has 5 nitrogen and oxygen atoms in total. The molecule has 9 heteroatoms. The van der Waals surface area contributed by atoms with Crippen LogP contribution in [0.4, 0.5) is 17.6 Å². The van der Waals surface area contributed by atoms with E-state index in [0.717, 1.165) is 17.7 Å². The van der Waals surface area contributed by atoms with E-state index < -0.39 is 52.2 Å². The molecule has 1 saturated carbocycles. The lowest BCUT2D eigenvalue weighted by atomic mass is 9.81. The third-order valence-corrected chi connectivity index (χ3v) is 5.30. The van der Waals surface area contributed by atoms with Crippen molar-refractivity contribution in [2.45, 2.75) is 25.4 Å². The molecule has 33 heavy (non-hydrogen) atoms. The molecule has 0 amide bonds. The van der Waals surface area contributed by atoms with Gasteiger partial charge in [-0.25, -0.2) is 14.4 Å². The zero-order valence-electron chi connectivity index (χ0n) is 17.0. The van der Waals surface area contributed by atoms with E-state index in [1.165, 1.54) is 6.08 Å². The van der Waals surface area contributed by atoms with Gasteiger partial charge < -0.3 is 0 Å². The molecule has 0 saturated heterocycles. The summed E-state index contributed by atoms with van der Waals surface area (Å²) in [5.74, 6) is -5.37. The molecule has 0 spiro atoms. The van der Waals surface area contributed by atoms with Gasteiger partial charge in [0.2, 0.25) is 0 Å². The second-order valence-electron chi connectivity index (χ2n) is 7.61. The highest BCUT2D eigenvalue weighted by Gasteiger charge is 2.43. The van der Waals surface area contributed by atoms with Crippen molar-refractivity contribution in [3.8, 4) is 0 Å². The average molecular weight is 456 g/mol. The molecule has 0 atom stereocenters. The molecule has 0 bridgehead atoms. The van der Waals surface area contributed by atoms with E-state index in [1.54, 1.807) is 36.4 Å². The van der Waals surface area contributed by atoms with Gasteiger partial charge in [0.25, 0.3) is 0 Å². The molecule has 168 valence electrons. The minimum absolute atomic E-state index is 0.0716. The molecule has 1 aliphatic rings. The Labute approximate surface area is 185 Å². The van der Waals surface area contributed by atoms with Crippen molar-refractivity contribution in [3.63, 3.8) is 0 Å². The standard InChI is InChI=1S/C24H16F4N2O3/c25-16-12-14-11-15(21(33)20-18(31)7-4-8-19(20)32)22(24(26,27)28)30-23(14)29-17(16)10-9-13-5-2-1-3-6-13/h1-3,5-6,9-12,20H,4,7-8H2/b10-9+. The number of hydrogen-bond donors (Lipinski definition) is 0. The van der Waals surface area contributed by atoms with Gasteiger partial charge in [-0.05, 0) is 30.2 Å². The van der Waals surface area contributed by atoms with Gasteiger partial charge >= 0.3 is 6.18 Å². The first-order valence-corrected chi connectivity index (χ1v) is 10.1. The number of carbonyl (C=O) groups is 3. The van der Waals surface area contributed by atoms with E-state index in [4.69, 9.17) is 0 Å². The second kappa shape index (κ2) is 8.65. The maximum Gasteiger partial charge on any atom is 0.434 e. The molecule has 1 aliphatic carbocycles. The number of halogens is 4. The van der Waals surface area contributed by atoms with Crippen molar-refractivity contribution in [2.75, 3.05) is 0 Å². The molecule has 3 aromatic rings. The minimum atomic E-state index is -5.06. The Balaban J connectivity index is 1.82. The number of hydrogen-bond acceptors (Lipinski definition) is 5. The first-order chi connectivity index (χ1) is 15.6. The molecule has 2 aromatic heterocycles. The first kappa shape index (κ1) is 22.4. The number of pyridine rings is 2. The normalized spacial score (nSPS) is 15.5. The van der Waals surface area contributed by atoms with Gasteiger partial charge in [0.05, 0.1) is 5.56 Å². The van der Waals surface area contributed by atoms with Crippen LogP contribution < -0.4 is 0 Å². The number of benzene rings is 1. The van der Waals surface area contributed by atoms with Gasteiger partial charge in [-0.1, -0.05) is 36.4 Å². The van der Waals surface area contributed by atoms with Crippen molar-refractivity contribution < 1.29 is 31.9 Å². The Morgan fingerprint density at radius 1 is 0.970 bits per heavy atom. The van der Waals surface area contributed by atoms with Gasteiger partial charge in [0.1, 0.15) is 17.4 Å². The highest BCUT2D eigenvalue weighted by atomic mass is 19.4. The van der Waals surface area contributed by atoms with Gasteiger partial charge in [0.15, 0.2) is 28.7 Å². The molecule has 0 N–H and O–H groups in total. The predicted molar refractivity (Wildman–Crippen MR) is 112 cm³/mol. The zero-order valence-corrected chi connectivity index (χ0v) is 17.0. The van der Waals surface area contributed by atoms with Gasteiger partial charge in [-0.2, -0.15) is 13.2 Å². The van der Waals surface area contributed by atoms with Crippen LogP contribution in [0.2, 0.25) is 0 Å². The molecule has 0 radical (unpaired) electrons. The summed E-state index contributed by atoms with van der Waals surface area (Å²) in [7, 11) is 0. The van der Waals surface area contributed by atoms with Crippen LogP contribution >= 0.6 is 0 Å². The van der Waals surface area contributed by atoms with Crippen LogP contribution in [0.1, 0.15) is 46.6 Å².